The summed E-state index contributed by atoms with van der Waals surface area (Å²) in [4.78, 5) is 59.7. The van der Waals surface area contributed by atoms with E-state index in [0.717, 1.165) is 44.4 Å². The molecule has 0 radical (unpaired) electrons. The molecule has 1 aliphatic heterocycles. The molecule has 0 saturated carbocycles. The van der Waals surface area contributed by atoms with Crippen molar-refractivity contribution in [3.05, 3.63) is 199 Å². The van der Waals surface area contributed by atoms with Gasteiger partial charge >= 0.3 is 5.97 Å². The molecular weight excluding hydrogens is 832 g/mol. The van der Waals surface area contributed by atoms with Gasteiger partial charge in [-0.1, -0.05) is 194 Å². The minimum absolute atomic E-state index is 0.0118. The first kappa shape index (κ1) is 42.8. The van der Waals surface area contributed by atoms with Crippen LogP contribution in [0.15, 0.2) is 187 Å². The van der Waals surface area contributed by atoms with E-state index in [1.807, 2.05) is 182 Å². The number of nitrogens with zero attached hydrogens (tertiary/aromatic N) is 5. The number of hydrogen-bond acceptors (Lipinski definition) is 10. The number of tetrazole rings is 1. The van der Waals surface area contributed by atoms with Gasteiger partial charge in [-0.2, -0.15) is 0 Å². The quantitative estimate of drug-likeness (QED) is 0.0559. The van der Waals surface area contributed by atoms with E-state index in [-0.39, 0.29) is 23.4 Å². The maximum atomic E-state index is 15.9. The van der Waals surface area contributed by atoms with E-state index < -0.39 is 49.7 Å². The number of ether oxygens (including phenoxy) is 2. The summed E-state index contributed by atoms with van der Waals surface area (Å²) < 4.78 is 14.7. The van der Waals surface area contributed by atoms with Crippen molar-refractivity contribution in [2.24, 2.45) is 7.05 Å². The van der Waals surface area contributed by atoms with Gasteiger partial charge in [-0.3, -0.25) is 19.3 Å². The van der Waals surface area contributed by atoms with E-state index in [1.54, 1.807) is 7.05 Å². The average molecular weight is 875 g/mol. The Morgan fingerprint density at radius 1 is 0.698 bits per heavy atom. The molecule has 316 valence electrons. The largest absolute Gasteiger partial charge is 0.448 e. The number of hydrogen-bond donors (Lipinski definition) is 1. The molecule has 0 spiro atoms. The van der Waals surface area contributed by atoms with Crippen LogP contribution in [0.25, 0.3) is 0 Å². The summed E-state index contributed by atoms with van der Waals surface area (Å²) in [5.41, 5.74) is 2.20. The molecule has 1 aliphatic rings. The van der Waals surface area contributed by atoms with Gasteiger partial charge in [0.25, 0.3) is 5.91 Å². The van der Waals surface area contributed by atoms with Gasteiger partial charge in [-0.05, 0) is 43.0 Å². The van der Waals surface area contributed by atoms with Gasteiger partial charge < -0.3 is 14.8 Å². The molecule has 2 amide bonds. The molecule has 2 unspecified atom stereocenters. The number of β-lactam (4-membered cyclic amide) rings is 1. The number of Topliss-reactive ketones (excluding diaryl/α,β-unsaturated/α-hetero) is 1. The summed E-state index contributed by atoms with van der Waals surface area (Å²) in [5, 5.41) is 17.0. The van der Waals surface area contributed by atoms with Crippen LogP contribution in [0.3, 0.4) is 0 Å². The second-order valence-corrected chi connectivity index (χ2v) is 18.9. The van der Waals surface area contributed by atoms with E-state index in [9.17, 15) is 9.59 Å². The van der Waals surface area contributed by atoms with Crippen LogP contribution in [0.5, 0.6) is 0 Å². The van der Waals surface area contributed by atoms with Gasteiger partial charge in [-0.15, -0.1) is 5.10 Å². The topological polar surface area (TPSA) is 146 Å². The van der Waals surface area contributed by atoms with Crippen LogP contribution < -0.4 is 21.2 Å². The van der Waals surface area contributed by atoms with Gasteiger partial charge in [0.2, 0.25) is 11.1 Å². The second kappa shape index (κ2) is 19.9. The zero-order valence-electron chi connectivity index (χ0n) is 34.2. The van der Waals surface area contributed by atoms with E-state index in [0.29, 0.717) is 5.16 Å². The molecule has 6 aromatic carbocycles. The fourth-order valence-corrected chi connectivity index (χ4v) is 12.7. The average Bonchev–Trinajstić information content (AvgIpc) is 3.75. The third-order valence-electron chi connectivity index (χ3n) is 10.5. The Bertz CT molecular complexity index is 2590. The zero-order valence-corrected chi connectivity index (χ0v) is 35.9. The standard InChI is InChI=1S/C49H43N6O6PS/c1-54-49(51-52-53-54)63-34-38(56)33-60-46-43(50-42(57)32-35-20-8-2-9-21-35)45(58)55(46)47(48(59)61-44(36-22-10-3-11-23-36)37-24-12-4-13-25-37)62(39-26-14-5-15-27-39,40-28-16-6-17-29-40)41-30-18-7-19-31-41/h2-31,43-44,46H,32-34H2,1H3,(H,50,57). The summed E-state index contributed by atoms with van der Waals surface area (Å²) in [5.74, 6) is -2.17. The van der Waals surface area contributed by atoms with Crippen molar-refractivity contribution in [1.29, 1.82) is 0 Å². The first-order valence-corrected chi connectivity index (χ1v) is 23.0. The van der Waals surface area contributed by atoms with Crippen molar-refractivity contribution >= 4 is 63.5 Å². The van der Waals surface area contributed by atoms with Crippen LogP contribution >= 0.6 is 18.6 Å². The number of rotatable bonds is 17. The Kier molecular flexibility index (Phi) is 13.5. The molecule has 2 heterocycles. The lowest BCUT2D eigenvalue weighted by Gasteiger charge is -2.49. The van der Waals surface area contributed by atoms with Crippen LogP contribution in [0, 0.1) is 0 Å². The molecule has 1 aromatic heterocycles. The highest BCUT2D eigenvalue weighted by Gasteiger charge is 2.55. The van der Waals surface area contributed by atoms with Crippen molar-refractivity contribution < 1.29 is 28.7 Å². The summed E-state index contributed by atoms with van der Waals surface area (Å²) in [6.07, 6.45) is -2.19. The molecule has 63 heavy (non-hydrogen) atoms. The molecule has 1 N–H and O–H groups in total. The second-order valence-electron chi connectivity index (χ2n) is 14.6. The number of aromatic nitrogens is 4. The predicted molar refractivity (Wildman–Crippen MR) is 244 cm³/mol. The monoisotopic (exact) mass is 874 g/mol. The van der Waals surface area contributed by atoms with Crippen LogP contribution in [-0.2, 0) is 42.1 Å². The lowest BCUT2D eigenvalue weighted by atomic mass is 10.0. The van der Waals surface area contributed by atoms with Crippen molar-refractivity contribution in [1.82, 2.24) is 30.4 Å². The molecule has 0 bridgehead atoms. The number of carbonyl (C=O) groups excluding carboxylic acids is 4. The normalized spacial score (nSPS) is 14.8. The molecule has 7 aromatic rings. The highest BCUT2D eigenvalue weighted by molar-refractivity contribution is 7.99. The van der Waals surface area contributed by atoms with Crippen LogP contribution in [0.4, 0.5) is 0 Å². The van der Waals surface area contributed by atoms with Crippen molar-refractivity contribution in [3.8, 4) is 0 Å². The Morgan fingerprint density at radius 2 is 1.17 bits per heavy atom. The molecule has 1 saturated heterocycles. The molecule has 14 heteroatoms. The molecule has 12 nitrogen and oxygen atoms in total. The maximum Gasteiger partial charge on any atom is 0.357 e. The lowest BCUT2D eigenvalue weighted by Crippen LogP contribution is -2.74. The van der Waals surface area contributed by atoms with Gasteiger partial charge in [0.05, 0.1) is 12.2 Å². The molecule has 0 aliphatic carbocycles. The minimum Gasteiger partial charge on any atom is -0.448 e. The Hall–Kier alpha value is -6.92. The number of likely N-dealkylation sites (tertiary alicyclic amines) is 1. The third kappa shape index (κ3) is 9.31. The summed E-state index contributed by atoms with van der Waals surface area (Å²) in [7, 11) is 1.67. The predicted octanol–water partition coefficient (Wildman–Crippen LogP) is 5.24. The third-order valence-corrected chi connectivity index (χ3v) is 15.8. The van der Waals surface area contributed by atoms with Gasteiger partial charge in [0.1, 0.15) is 12.0 Å². The number of amides is 2. The number of thioether (sulfide) groups is 1. The van der Waals surface area contributed by atoms with Crippen LogP contribution in [0.1, 0.15) is 22.8 Å². The van der Waals surface area contributed by atoms with E-state index in [1.165, 1.54) is 9.58 Å². The zero-order chi connectivity index (χ0) is 43.6. The van der Waals surface area contributed by atoms with Crippen molar-refractivity contribution in [2.75, 3.05) is 12.4 Å². The molecule has 1 fully saturated rings. The smallest absolute Gasteiger partial charge is 0.357 e. The highest BCUT2D eigenvalue weighted by Crippen LogP contribution is 2.49. The van der Waals surface area contributed by atoms with E-state index in [4.69, 9.17) is 9.47 Å². The Labute approximate surface area is 369 Å². The minimum atomic E-state index is -3.43. The molecule has 2 atom stereocenters. The first-order valence-electron chi connectivity index (χ1n) is 20.2. The number of nitrogens with one attached hydrogen (secondary N) is 1. The number of ketones is 1. The highest BCUT2D eigenvalue weighted by atomic mass is 32.2. The van der Waals surface area contributed by atoms with Crippen molar-refractivity contribution in [3.63, 3.8) is 0 Å². The molecular formula is C49H43N6O6PS. The number of carbonyl (C=O) groups is 4. The maximum absolute atomic E-state index is 15.9. The van der Waals surface area contributed by atoms with Gasteiger partial charge in [-0.25, -0.2) is 9.48 Å². The lowest BCUT2D eigenvalue weighted by molar-refractivity contribution is -0.175. The van der Waals surface area contributed by atoms with Crippen molar-refractivity contribution in [2.45, 2.75) is 30.0 Å². The fraction of sp³-hybridized carbons (Fsp3) is 0.143. The van der Waals surface area contributed by atoms with E-state index >= 15 is 9.59 Å². The number of aryl methyl sites for hydroxylation is 1. The number of esters is 1. The van der Waals surface area contributed by atoms with Gasteiger partial charge in [0, 0.05) is 13.9 Å². The molecule has 8 rings (SSSR count). The van der Waals surface area contributed by atoms with Gasteiger partial charge in [0.15, 0.2) is 24.2 Å². The number of benzene rings is 6. The Balaban J connectivity index is 1.31. The van der Waals surface area contributed by atoms with Crippen LogP contribution in [-0.4, -0.2) is 78.7 Å². The Morgan fingerprint density at radius 3 is 1.65 bits per heavy atom. The van der Waals surface area contributed by atoms with E-state index in [2.05, 4.69) is 20.8 Å². The van der Waals surface area contributed by atoms with Crippen LogP contribution in [0.2, 0.25) is 0 Å². The SMILES string of the molecule is Cn1nnnc1SCC(=O)COC1C(NC(=O)Cc2ccccc2)C(=O)N1C(C(=O)OC(c1ccccc1)c1ccccc1)=P(c1ccccc1)(c1ccccc1)c1ccccc1. The summed E-state index contributed by atoms with van der Waals surface area (Å²) >= 11 is 1.14. The summed E-state index contributed by atoms with van der Waals surface area (Å²) in [6, 6.07) is 55.5. The fourth-order valence-electron chi connectivity index (χ4n) is 7.62. The summed E-state index contributed by atoms with van der Waals surface area (Å²) in [6.45, 7) is -3.88. The first-order chi connectivity index (χ1) is 30.8.